The smallest absolute Gasteiger partial charge is 0.336 e. The molecule has 0 unspecified atom stereocenters. The molecule has 0 fully saturated rings. The zero-order valence-electron chi connectivity index (χ0n) is 4.91. The highest BCUT2D eigenvalue weighted by atomic mass is 127. The SMILES string of the molecule is O=C(O)c1ccncc1I. The van der Waals surface area contributed by atoms with Crippen molar-refractivity contribution in [3.05, 3.63) is 27.6 Å². The number of carboxylic acid groups (broad SMARTS) is 1. The minimum absolute atomic E-state index is 0.301. The number of halogens is 1. The van der Waals surface area contributed by atoms with Gasteiger partial charge in [0.25, 0.3) is 0 Å². The molecule has 0 amide bonds. The Balaban J connectivity index is 3.15. The molecule has 0 bridgehead atoms. The first kappa shape index (κ1) is 7.46. The molecule has 1 rings (SSSR count). The molecule has 0 spiro atoms. The van der Waals surface area contributed by atoms with Gasteiger partial charge in [-0.3, -0.25) is 4.98 Å². The maximum Gasteiger partial charge on any atom is 0.336 e. The number of hydrogen-bond donors (Lipinski definition) is 1. The van der Waals surface area contributed by atoms with E-state index in [1.165, 1.54) is 18.5 Å². The van der Waals surface area contributed by atoms with E-state index in [1.54, 1.807) is 0 Å². The molecule has 1 aromatic rings. The molecule has 10 heavy (non-hydrogen) atoms. The Morgan fingerprint density at radius 2 is 2.40 bits per heavy atom. The van der Waals surface area contributed by atoms with Gasteiger partial charge in [-0.15, -0.1) is 0 Å². The summed E-state index contributed by atoms with van der Waals surface area (Å²) in [4.78, 5) is 14.1. The molecule has 0 aromatic carbocycles. The summed E-state index contributed by atoms with van der Waals surface area (Å²) >= 11 is 1.93. The highest BCUT2D eigenvalue weighted by Gasteiger charge is 2.05. The molecular formula is C6H4INO2. The van der Waals surface area contributed by atoms with Crippen molar-refractivity contribution in [3.63, 3.8) is 0 Å². The minimum atomic E-state index is -0.910. The van der Waals surface area contributed by atoms with Crippen molar-refractivity contribution in [3.8, 4) is 0 Å². The van der Waals surface area contributed by atoms with Gasteiger partial charge < -0.3 is 5.11 Å². The zero-order valence-corrected chi connectivity index (χ0v) is 7.07. The lowest BCUT2D eigenvalue weighted by molar-refractivity contribution is 0.0695. The van der Waals surface area contributed by atoms with Crippen molar-refractivity contribution < 1.29 is 9.90 Å². The number of carbonyl (C=O) groups is 1. The van der Waals surface area contributed by atoms with Crippen LogP contribution in [0.5, 0.6) is 0 Å². The molecule has 0 aliphatic carbocycles. The summed E-state index contributed by atoms with van der Waals surface area (Å²) in [5.41, 5.74) is 0.301. The van der Waals surface area contributed by atoms with E-state index >= 15 is 0 Å². The van der Waals surface area contributed by atoms with Crippen molar-refractivity contribution in [1.29, 1.82) is 0 Å². The van der Waals surface area contributed by atoms with Crippen LogP contribution in [0.3, 0.4) is 0 Å². The predicted molar refractivity (Wildman–Crippen MR) is 43.9 cm³/mol. The molecule has 0 saturated heterocycles. The normalized spacial score (nSPS) is 9.30. The fourth-order valence-electron chi connectivity index (χ4n) is 0.549. The maximum atomic E-state index is 10.4. The molecule has 0 atom stereocenters. The minimum Gasteiger partial charge on any atom is -0.478 e. The zero-order chi connectivity index (χ0) is 7.56. The van der Waals surface area contributed by atoms with Gasteiger partial charge >= 0.3 is 5.97 Å². The summed E-state index contributed by atoms with van der Waals surface area (Å²) in [7, 11) is 0. The Morgan fingerprint density at radius 1 is 1.70 bits per heavy atom. The Labute approximate surface area is 71.2 Å². The van der Waals surface area contributed by atoms with Crippen molar-refractivity contribution >= 4 is 28.6 Å². The van der Waals surface area contributed by atoms with Crippen LogP contribution in [0.2, 0.25) is 0 Å². The van der Waals surface area contributed by atoms with Crippen LogP contribution in [0, 0.1) is 3.57 Å². The summed E-state index contributed by atoms with van der Waals surface area (Å²) in [6.45, 7) is 0. The average molecular weight is 249 g/mol. The maximum absolute atomic E-state index is 10.4. The van der Waals surface area contributed by atoms with Crippen LogP contribution in [0.25, 0.3) is 0 Å². The lowest BCUT2D eigenvalue weighted by Gasteiger charge is -1.94. The van der Waals surface area contributed by atoms with Crippen molar-refractivity contribution in [2.75, 3.05) is 0 Å². The van der Waals surface area contributed by atoms with Crippen LogP contribution < -0.4 is 0 Å². The Bertz CT molecular complexity index is 262. The van der Waals surface area contributed by atoms with Gasteiger partial charge in [-0.25, -0.2) is 4.79 Å². The largest absolute Gasteiger partial charge is 0.478 e. The van der Waals surface area contributed by atoms with Crippen molar-refractivity contribution in [2.45, 2.75) is 0 Å². The van der Waals surface area contributed by atoms with E-state index in [0.29, 0.717) is 9.13 Å². The molecule has 0 saturated carbocycles. The first-order valence-corrected chi connectivity index (χ1v) is 3.62. The van der Waals surface area contributed by atoms with Crippen LogP contribution in [0.4, 0.5) is 0 Å². The van der Waals surface area contributed by atoms with E-state index in [2.05, 4.69) is 4.98 Å². The quantitative estimate of drug-likeness (QED) is 0.765. The number of carboxylic acids is 1. The monoisotopic (exact) mass is 249 g/mol. The highest BCUT2D eigenvalue weighted by Crippen LogP contribution is 2.08. The summed E-state index contributed by atoms with van der Waals surface area (Å²) in [6.07, 6.45) is 2.98. The lowest BCUT2D eigenvalue weighted by atomic mass is 10.3. The molecular weight excluding hydrogens is 245 g/mol. The second-order valence-electron chi connectivity index (χ2n) is 1.66. The van der Waals surface area contributed by atoms with Gasteiger partial charge in [0.15, 0.2) is 0 Å². The molecule has 3 nitrogen and oxygen atoms in total. The lowest BCUT2D eigenvalue weighted by Crippen LogP contribution is -1.98. The van der Waals surface area contributed by atoms with Gasteiger partial charge in [0, 0.05) is 16.0 Å². The molecule has 4 heteroatoms. The van der Waals surface area contributed by atoms with E-state index in [9.17, 15) is 4.79 Å². The van der Waals surface area contributed by atoms with Crippen molar-refractivity contribution in [2.24, 2.45) is 0 Å². The number of hydrogen-bond acceptors (Lipinski definition) is 2. The third-order valence-corrected chi connectivity index (χ3v) is 1.86. The van der Waals surface area contributed by atoms with Gasteiger partial charge in [0.2, 0.25) is 0 Å². The predicted octanol–water partition coefficient (Wildman–Crippen LogP) is 1.38. The van der Waals surface area contributed by atoms with Crippen molar-refractivity contribution in [1.82, 2.24) is 4.98 Å². The third-order valence-electron chi connectivity index (χ3n) is 1.00. The van der Waals surface area contributed by atoms with E-state index in [0.717, 1.165) is 0 Å². The number of rotatable bonds is 1. The van der Waals surface area contributed by atoms with Gasteiger partial charge in [-0.05, 0) is 28.7 Å². The number of aromatic nitrogens is 1. The van der Waals surface area contributed by atoms with Crippen LogP contribution in [0.1, 0.15) is 10.4 Å². The summed E-state index contributed by atoms with van der Waals surface area (Å²) in [6, 6.07) is 1.48. The fraction of sp³-hybridized carbons (Fsp3) is 0. The number of aromatic carboxylic acids is 1. The second-order valence-corrected chi connectivity index (χ2v) is 2.82. The van der Waals surface area contributed by atoms with Crippen LogP contribution in [-0.4, -0.2) is 16.1 Å². The molecule has 52 valence electrons. The number of pyridine rings is 1. The summed E-state index contributed by atoms with van der Waals surface area (Å²) in [5, 5.41) is 8.53. The Morgan fingerprint density at radius 3 is 2.80 bits per heavy atom. The van der Waals surface area contributed by atoms with E-state index in [-0.39, 0.29) is 0 Å². The molecule has 0 aliphatic heterocycles. The van der Waals surface area contributed by atoms with E-state index in [1.807, 2.05) is 22.6 Å². The number of nitrogens with zero attached hydrogens (tertiary/aromatic N) is 1. The fourth-order valence-corrected chi connectivity index (χ4v) is 1.12. The molecule has 0 radical (unpaired) electrons. The first-order valence-electron chi connectivity index (χ1n) is 2.54. The second kappa shape index (κ2) is 2.96. The Hall–Kier alpha value is -0.650. The molecule has 1 N–H and O–H groups in total. The Kier molecular flexibility index (Phi) is 2.21. The molecule has 1 heterocycles. The van der Waals surface area contributed by atoms with E-state index < -0.39 is 5.97 Å². The molecule has 0 aliphatic rings. The van der Waals surface area contributed by atoms with Gasteiger partial charge in [-0.1, -0.05) is 0 Å². The van der Waals surface area contributed by atoms with Gasteiger partial charge in [-0.2, -0.15) is 0 Å². The van der Waals surface area contributed by atoms with Crippen LogP contribution in [-0.2, 0) is 0 Å². The van der Waals surface area contributed by atoms with Gasteiger partial charge in [0.1, 0.15) is 0 Å². The van der Waals surface area contributed by atoms with E-state index in [4.69, 9.17) is 5.11 Å². The first-order chi connectivity index (χ1) is 4.72. The van der Waals surface area contributed by atoms with Crippen LogP contribution in [0.15, 0.2) is 18.5 Å². The van der Waals surface area contributed by atoms with Gasteiger partial charge in [0.05, 0.1) is 5.56 Å². The average Bonchev–Trinajstić information content (AvgIpc) is 1.88. The third kappa shape index (κ3) is 1.44. The molecule has 1 aromatic heterocycles. The summed E-state index contributed by atoms with van der Waals surface area (Å²) in [5.74, 6) is -0.910. The van der Waals surface area contributed by atoms with Crippen LogP contribution >= 0.6 is 22.6 Å². The standard InChI is InChI=1S/C6H4INO2/c7-5-3-8-2-1-4(5)6(9)10/h1-3H,(H,9,10). The topological polar surface area (TPSA) is 50.2 Å². The summed E-state index contributed by atoms with van der Waals surface area (Å²) < 4.78 is 0.660. The highest BCUT2D eigenvalue weighted by molar-refractivity contribution is 14.1.